The molecule has 0 aromatic heterocycles. The second-order valence-corrected chi connectivity index (χ2v) is 11.3. The second-order valence-electron chi connectivity index (χ2n) is 11.3. The van der Waals surface area contributed by atoms with Crippen molar-refractivity contribution in [2.75, 3.05) is 0 Å². The number of hydrogen-bond donors (Lipinski definition) is 1. The van der Waals surface area contributed by atoms with Crippen molar-refractivity contribution in [3.8, 4) is 0 Å². The molecular weight excluding hydrogens is 364 g/mol. The van der Waals surface area contributed by atoms with Gasteiger partial charge in [0, 0.05) is 24.7 Å². The van der Waals surface area contributed by atoms with Gasteiger partial charge in [-0.3, -0.25) is 14.4 Å². The lowest BCUT2D eigenvalue weighted by atomic mass is 9.42. The van der Waals surface area contributed by atoms with Crippen LogP contribution in [0.1, 0.15) is 85.5 Å². The molecule has 9 atom stereocenters. The summed E-state index contributed by atoms with van der Waals surface area (Å²) in [6.07, 6.45) is 7.40. The Hall–Kier alpha value is -1.19. The smallest absolute Gasteiger partial charge is 0.306 e. The van der Waals surface area contributed by atoms with Crippen LogP contribution in [0, 0.1) is 52.3 Å². The van der Waals surface area contributed by atoms with E-state index in [-0.39, 0.29) is 40.3 Å². The molecule has 0 radical (unpaired) electrons. The number of carbonyl (C=O) groups excluding carboxylic acids is 2. The topological polar surface area (TPSA) is 71.4 Å². The molecule has 0 amide bonds. The molecule has 4 nitrogen and oxygen atoms in total. The summed E-state index contributed by atoms with van der Waals surface area (Å²) in [5.41, 5.74) is -0.425. The van der Waals surface area contributed by atoms with E-state index >= 15 is 0 Å². The summed E-state index contributed by atoms with van der Waals surface area (Å²) in [5, 5.41) is 10.2. The van der Waals surface area contributed by atoms with Crippen molar-refractivity contribution in [1.29, 1.82) is 0 Å². The minimum absolute atomic E-state index is 0.0609. The van der Waals surface area contributed by atoms with Crippen molar-refractivity contribution in [2.24, 2.45) is 52.3 Å². The largest absolute Gasteiger partial charge is 0.481 e. The van der Waals surface area contributed by atoms with E-state index < -0.39 is 11.9 Å². The van der Waals surface area contributed by atoms with E-state index in [1.165, 1.54) is 0 Å². The van der Waals surface area contributed by atoms with Crippen LogP contribution in [0.5, 0.6) is 0 Å². The van der Waals surface area contributed by atoms with Gasteiger partial charge in [-0.25, -0.2) is 0 Å². The zero-order chi connectivity index (χ0) is 21.1. The molecule has 29 heavy (non-hydrogen) atoms. The molecule has 0 spiro atoms. The van der Waals surface area contributed by atoms with Crippen LogP contribution in [0.4, 0.5) is 0 Å². The summed E-state index contributed by atoms with van der Waals surface area (Å²) >= 11 is 0. The zero-order valence-electron chi connectivity index (χ0n) is 18.6. The Morgan fingerprint density at radius 3 is 2.55 bits per heavy atom. The fourth-order valence-electron chi connectivity index (χ4n) is 8.63. The van der Waals surface area contributed by atoms with Gasteiger partial charge in [0.25, 0.3) is 0 Å². The van der Waals surface area contributed by atoms with Crippen LogP contribution < -0.4 is 0 Å². The molecule has 162 valence electrons. The molecule has 4 heteroatoms. The minimum Gasteiger partial charge on any atom is -0.481 e. The first-order valence-corrected chi connectivity index (χ1v) is 11.9. The van der Waals surface area contributed by atoms with E-state index in [2.05, 4.69) is 27.7 Å². The van der Waals surface area contributed by atoms with Gasteiger partial charge in [-0.05, 0) is 66.6 Å². The zero-order valence-corrected chi connectivity index (χ0v) is 18.6. The lowest BCUT2D eigenvalue weighted by Crippen LogP contribution is -2.60. The first-order valence-electron chi connectivity index (χ1n) is 11.9. The summed E-state index contributed by atoms with van der Waals surface area (Å²) in [5.74, 6) is 0.975. The molecule has 2 unspecified atom stereocenters. The predicted octanol–water partition coefficient (Wildman–Crippen LogP) is 5.14. The van der Waals surface area contributed by atoms with Gasteiger partial charge in [0.05, 0.1) is 5.92 Å². The van der Waals surface area contributed by atoms with Gasteiger partial charge in [0.2, 0.25) is 0 Å². The highest BCUT2D eigenvalue weighted by atomic mass is 16.4. The van der Waals surface area contributed by atoms with Crippen molar-refractivity contribution in [1.82, 2.24) is 0 Å². The van der Waals surface area contributed by atoms with E-state index in [1.807, 2.05) is 0 Å². The second kappa shape index (κ2) is 7.20. The number of ketones is 2. The Morgan fingerprint density at radius 1 is 1.17 bits per heavy atom. The first-order chi connectivity index (χ1) is 13.6. The monoisotopic (exact) mass is 402 g/mol. The lowest BCUT2D eigenvalue weighted by Gasteiger charge is -2.61. The van der Waals surface area contributed by atoms with Crippen molar-refractivity contribution in [3.05, 3.63) is 0 Å². The Bertz CT molecular complexity index is 714. The van der Waals surface area contributed by atoms with Gasteiger partial charge in [-0.2, -0.15) is 0 Å². The molecule has 0 heterocycles. The van der Waals surface area contributed by atoms with Crippen LogP contribution in [0.2, 0.25) is 0 Å². The lowest BCUT2D eigenvalue weighted by molar-refractivity contribution is -0.179. The van der Waals surface area contributed by atoms with Gasteiger partial charge in [0.1, 0.15) is 11.6 Å². The number of rotatable bonds is 4. The molecule has 4 aliphatic carbocycles. The van der Waals surface area contributed by atoms with E-state index in [9.17, 15) is 19.5 Å². The van der Waals surface area contributed by atoms with Crippen molar-refractivity contribution >= 4 is 17.5 Å². The third-order valence-corrected chi connectivity index (χ3v) is 10.2. The highest BCUT2D eigenvalue weighted by Gasteiger charge is 2.66. The van der Waals surface area contributed by atoms with Gasteiger partial charge < -0.3 is 5.11 Å². The van der Waals surface area contributed by atoms with E-state index in [1.54, 1.807) is 0 Å². The third-order valence-electron chi connectivity index (χ3n) is 10.2. The maximum absolute atomic E-state index is 13.7. The van der Waals surface area contributed by atoms with Gasteiger partial charge in [-0.1, -0.05) is 40.5 Å². The predicted molar refractivity (Wildman–Crippen MR) is 111 cm³/mol. The molecule has 0 aromatic rings. The van der Waals surface area contributed by atoms with Crippen LogP contribution in [0.15, 0.2) is 0 Å². The summed E-state index contributed by atoms with van der Waals surface area (Å²) in [6.45, 7) is 8.94. The Labute approximate surface area is 175 Å². The van der Waals surface area contributed by atoms with E-state index in [0.717, 1.165) is 32.1 Å². The molecule has 0 aliphatic heterocycles. The highest BCUT2D eigenvalue weighted by molar-refractivity contribution is 5.88. The average molecular weight is 403 g/mol. The molecule has 1 N–H and O–H groups in total. The number of hydrogen-bond acceptors (Lipinski definition) is 3. The van der Waals surface area contributed by atoms with Crippen LogP contribution >= 0.6 is 0 Å². The summed E-state index contributed by atoms with van der Waals surface area (Å²) < 4.78 is 0. The third kappa shape index (κ3) is 2.95. The maximum Gasteiger partial charge on any atom is 0.306 e. The summed E-state index contributed by atoms with van der Waals surface area (Å²) in [6, 6.07) is 0. The number of fused-ring (bicyclic) bond motifs is 5. The molecule has 4 fully saturated rings. The first kappa shape index (κ1) is 21.1. The number of carboxylic acid groups (broad SMARTS) is 1. The normalized spacial score (nSPS) is 47.9. The van der Waals surface area contributed by atoms with Gasteiger partial charge in [-0.15, -0.1) is 0 Å². The Balaban J connectivity index is 1.74. The minimum atomic E-state index is -0.707. The SMILES string of the molecule is CCC[C@@H](C)[C@H]1CC[C@H]2[C@@H]3C(C(=O)O)CC4CC(=O)CC[C@]4(C)[C@H]3CC(=O)[C@]12C. The fraction of sp³-hybridized carbons (Fsp3) is 0.880. The number of carbonyl (C=O) groups is 3. The molecule has 4 aliphatic rings. The van der Waals surface area contributed by atoms with Gasteiger partial charge >= 0.3 is 5.97 Å². The standard InChI is InChI=1S/C25H38O4/c1-5-6-14(2)18-7-8-19-22-17(23(28)29)12-15-11-16(26)9-10-24(15,3)20(22)13-21(27)25(18,19)4/h14-15,17-20,22H,5-13H2,1-4H3,(H,28,29)/t14-,15?,17?,18-,19+,20+,22+,24+,25-/m1/s1. The number of aliphatic carboxylic acids is 1. The molecule has 4 rings (SSSR count). The van der Waals surface area contributed by atoms with Gasteiger partial charge in [0.15, 0.2) is 0 Å². The van der Waals surface area contributed by atoms with E-state index in [0.29, 0.717) is 43.3 Å². The molecule has 0 aromatic carbocycles. The molecule has 0 saturated heterocycles. The van der Waals surface area contributed by atoms with Crippen molar-refractivity contribution < 1.29 is 19.5 Å². The van der Waals surface area contributed by atoms with Crippen LogP contribution in [0.3, 0.4) is 0 Å². The van der Waals surface area contributed by atoms with Crippen molar-refractivity contribution in [2.45, 2.75) is 85.5 Å². The summed E-state index contributed by atoms with van der Waals surface area (Å²) in [7, 11) is 0. The number of Topliss-reactive ketones (excluding diaryl/α,β-unsaturated/α-hetero) is 2. The molecule has 0 bridgehead atoms. The quantitative estimate of drug-likeness (QED) is 0.707. The van der Waals surface area contributed by atoms with Crippen LogP contribution in [0.25, 0.3) is 0 Å². The van der Waals surface area contributed by atoms with E-state index in [4.69, 9.17) is 0 Å². The summed E-state index contributed by atoms with van der Waals surface area (Å²) in [4.78, 5) is 38.3. The Morgan fingerprint density at radius 2 is 1.90 bits per heavy atom. The van der Waals surface area contributed by atoms with Crippen molar-refractivity contribution in [3.63, 3.8) is 0 Å². The maximum atomic E-state index is 13.7. The average Bonchev–Trinajstić information content (AvgIpc) is 3.01. The highest BCUT2D eigenvalue weighted by Crippen LogP contribution is 2.68. The molecule has 4 saturated carbocycles. The fourth-order valence-corrected chi connectivity index (χ4v) is 8.63. The van der Waals surface area contributed by atoms with Crippen LogP contribution in [-0.4, -0.2) is 22.6 Å². The number of carboxylic acids is 1. The molecular formula is C25H38O4. The Kier molecular flexibility index (Phi) is 5.23. The van der Waals surface area contributed by atoms with Crippen LogP contribution in [-0.2, 0) is 14.4 Å².